The van der Waals surface area contributed by atoms with Crippen molar-refractivity contribution in [1.82, 2.24) is 0 Å². The van der Waals surface area contributed by atoms with E-state index in [1.54, 1.807) is 18.2 Å². The van der Waals surface area contributed by atoms with E-state index in [-0.39, 0.29) is 22.2 Å². The van der Waals surface area contributed by atoms with Crippen molar-refractivity contribution in [3.05, 3.63) is 66.5 Å². The van der Waals surface area contributed by atoms with Crippen LogP contribution in [0.1, 0.15) is 15.9 Å². The highest BCUT2D eigenvalue weighted by atomic mass is 79.9. The van der Waals surface area contributed by atoms with Crippen LogP contribution in [0.2, 0.25) is 0 Å². The molecule has 0 bridgehead atoms. The highest BCUT2D eigenvalue weighted by molar-refractivity contribution is 9.11. The summed E-state index contributed by atoms with van der Waals surface area (Å²) < 4.78 is 29.0. The Morgan fingerprint density at radius 3 is 2.20 bits per heavy atom. The van der Waals surface area contributed by atoms with Crippen molar-refractivity contribution >= 4 is 53.6 Å². The van der Waals surface area contributed by atoms with Crippen molar-refractivity contribution in [3.63, 3.8) is 0 Å². The van der Waals surface area contributed by atoms with Crippen molar-refractivity contribution < 1.29 is 13.6 Å². The molecule has 0 aliphatic rings. The molecule has 0 saturated heterocycles. The van der Waals surface area contributed by atoms with E-state index in [1.807, 2.05) is 0 Å². The van der Waals surface area contributed by atoms with Gasteiger partial charge in [0, 0.05) is 26.5 Å². The number of ketones is 1. The molecule has 2 aromatic carbocycles. The fourth-order valence-electron chi connectivity index (χ4n) is 1.71. The Hall–Kier alpha value is -0.590. The molecule has 6 heteroatoms. The SMILES string of the molecule is O=C(Cc1c(F)ccc(Br)c1F)c1cc(Br)cc(Br)c1. The van der Waals surface area contributed by atoms with Crippen molar-refractivity contribution in [2.75, 3.05) is 0 Å². The second-order valence-electron chi connectivity index (χ2n) is 4.08. The lowest BCUT2D eigenvalue weighted by Gasteiger charge is -2.07. The molecular weight excluding hydrogens is 462 g/mol. The molecule has 0 unspecified atom stereocenters. The summed E-state index contributed by atoms with van der Waals surface area (Å²) in [7, 11) is 0. The summed E-state index contributed by atoms with van der Waals surface area (Å²) in [5.74, 6) is -1.83. The smallest absolute Gasteiger partial charge is 0.167 e. The number of halogens is 5. The highest BCUT2D eigenvalue weighted by Crippen LogP contribution is 2.25. The Labute approximate surface area is 139 Å². The first-order chi connectivity index (χ1) is 9.38. The molecule has 0 radical (unpaired) electrons. The quantitative estimate of drug-likeness (QED) is 0.418. The third-order valence-electron chi connectivity index (χ3n) is 2.66. The number of carbonyl (C=O) groups excluding carboxylic acids is 1. The van der Waals surface area contributed by atoms with Gasteiger partial charge in [-0.15, -0.1) is 0 Å². The number of rotatable bonds is 3. The first-order valence-electron chi connectivity index (χ1n) is 5.50. The lowest BCUT2D eigenvalue weighted by atomic mass is 10.0. The van der Waals surface area contributed by atoms with Crippen LogP contribution in [0.5, 0.6) is 0 Å². The molecule has 0 spiro atoms. The molecule has 20 heavy (non-hydrogen) atoms. The van der Waals surface area contributed by atoms with Crippen molar-refractivity contribution in [2.45, 2.75) is 6.42 Å². The maximum atomic E-state index is 13.8. The summed E-state index contributed by atoms with van der Waals surface area (Å²) >= 11 is 9.52. The summed E-state index contributed by atoms with van der Waals surface area (Å²) in [5.41, 5.74) is 0.144. The molecule has 0 N–H and O–H groups in total. The van der Waals surface area contributed by atoms with E-state index in [0.29, 0.717) is 14.5 Å². The molecule has 2 aromatic rings. The Morgan fingerprint density at radius 1 is 1.00 bits per heavy atom. The summed E-state index contributed by atoms with van der Waals surface area (Å²) in [6.07, 6.45) is -0.333. The molecule has 0 saturated carbocycles. The van der Waals surface area contributed by atoms with Crippen molar-refractivity contribution in [2.24, 2.45) is 0 Å². The number of Topliss-reactive ketones (excluding diaryl/α,β-unsaturated/α-hetero) is 1. The second-order valence-corrected chi connectivity index (χ2v) is 6.77. The summed E-state index contributed by atoms with van der Waals surface area (Å²) in [4.78, 5) is 12.1. The molecule has 104 valence electrons. The van der Waals surface area contributed by atoms with Crippen LogP contribution >= 0.6 is 47.8 Å². The Kier molecular flexibility index (Phi) is 5.09. The van der Waals surface area contributed by atoms with Gasteiger partial charge in [-0.2, -0.15) is 0 Å². The van der Waals surface area contributed by atoms with Crippen LogP contribution in [0, 0.1) is 11.6 Å². The van der Waals surface area contributed by atoms with Gasteiger partial charge in [0.1, 0.15) is 11.6 Å². The van der Waals surface area contributed by atoms with E-state index in [9.17, 15) is 13.6 Å². The van der Waals surface area contributed by atoms with E-state index < -0.39 is 11.6 Å². The standard InChI is InChI=1S/C14H7Br3F2O/c15-8-3-7(4-9(16)5-8)13(20)6-10-12(18)2-1-11(17)14(10)19/h1-5H,6H2. The van der Waals surface area contributed by atoms with Crippen LogP contribution < -0.4 is 0 Å². The first-order valence-corrected chi connectivity index (χ1v) is 7.88. The van der Waals surface area contributed by atoms with Gasteiger partial charge in [-0.1, -0.05) is 31.9 Å². The molecule has 2 rings (SSSR count). The number of hydrogen-bond acceptors (Lipinski definition) is 1. The van der Waals surface area contributed by atoms with Crippen LogP contribution in [-0.2, 0) is 6.42 Å². The molecule has 0 amide bonds. The zero-order chi connectivity index (χ0) is 14.9. The number of carbonyl (C=O) groups is 1. The molecule has 0 heterocycles. The summed E-state index contributed by atoms with van der Waals surface area (Å²) in [6, 6.07) is 7.40. The average molecular weight is 469 g/mol. The highest BCUT2D eigenvalue weighted by Gasteiger charge is 2.17. The first kappa shape index (κ1) is 15.8. The summed E-state index contributed by atoms with van der Waals surface area (Å²) in [6.45, 7) is 0. The van der Waals surface area contributed by atoms with Crippen molar-refractivity contribution in [3.8, 4) is 0 Å². The molecule has 0 aromatic heterocycles. The largest absolute Gasteiger partial charge is 0.294 e. The minimum absolute atomic E-state index is 0.136. The normalized spacial score (nSPS) is 10.7. The van der Waals surface area contributed by atoms with E-state index in [4.69, 9.17) is 0 Å². The van der Waals surface area contributed by atoms with E-state index >= 15 is 0 Å². The summed E-state index contributed by atoms with van der Waals surface area (Å²) in [5, 5.41) is 0. The molecule has 0 atom stereocenters. The fraction of sp³-hybridized carbons (Fsp3) is 0.0714. The van der Waals surface area contributed by atoms with Crippen molar-refractivity contribution in [1.29, 1.82) is 0 Å². The predicted octanol–water partition coefficient (Wildman–Crippen LogP) is 5.68. The third kappa shape index (κ3) is 3.54. The lowest BCUT2D eigenvalue weighted by molar-refractivity contribution is 0.0990. The second kappa shape index (κ2) is 6.45. The lowest BCUT2D eigenvalue weighted by Crippen LogP contribution is -2.08. The molecule has 0 aliphatic carbocycles. The number of benzene rings is 2. The maximum absolute atomic E-state index is 13.8. The molecule has 1 nitrogen and oxygen atoms in total. The topological polar surface area (TPSA) is 17.1 Å². The van der Waals surface area contributed by atoms with Crippen LogP contribution in [0.25, 0.3) is 0 Å². The number of hydrogen-bond donors (Lipinski definition) is 0. The zero-order valence-corrected chi connectivity index (χ0v) is 14.6. The fourth-order valence-corrected chi connectivity index (χ4v) is 3.37. The Balaban J connectivity index is 2.35. The van der Waals surface area contributed by atoms with E-state index in [2.05, 4.69) is 47.8 Å². The van der Waals surface area contributed by atoms with E-state index in [1.165, 1.54) is 6.07 Å². The zero-order valence-electron chi connectivity index (χ0n) is 9.89. The molecule has 0 aliphatic heterocycles. The average Bonchev–Trinajstić information content (AvgIpc) is 2.38. The van der Waals surface area contributed by atoms with E-state index in [0.717, 1.165) is 6.07 Å². The van der Waals surface area contributed by atoms with Crippen LogP contribution in [0.15, 0.2) is 43.7 Å². The van der Waals surface area contributed by atoms with Gasteiger partial charge in [0.2, 0.25) is 0 Å². The van der Waals surface area contributed by atoms with Gasteiger partial charge in [-0.05, 0) is 46.3 Å². The van der Waals surface area contributed by atoms with Crippen LogP contribution in [0.4, 0.5) is 8.78 Å². The monoisotopic (exact) mass is 466 g/mol. The van der Waals surface area contributed by atoms with Gasteiger partial charge in [0.15, 0.2) is 5.78 Å². The van der Waals surface area contributed by atoms with Crippen LogP contribution in [-0.4, -0.2) is 5.78 Å². The van der Waals surface area contributed by atoms with Crippen LogP contribution in [0.3, 0.4) is 0 Å². The Bertz CT molecular complexity index is 666. The minimum atomic E-state index is -0.743. The van der Waals surface area contributed by atoms with Gasteiger partial charge in [-0.3, -0.25) is 4.79 Å². The van der Waals surface area contributed by atoms with Gasteiger partial charge in [0.05, 0.1) is 4.47 Å². The van der Waals surface area contributed by atoms with Gasteiger partial charge < -0.3 is 0 Å². The Morgan fingerprint density at radius 2 is 1.60 bits per heavy atom. The van der Waals surface area contributed by atoms with Gasteiger partial charge in [0.25, 0.3) is 0 Å². The predicted molar refractivity (Wildman–Crippen MR) is 83.9 cm³/mol. The maximum Gasteiger partial charge on any atom is 0.167 e. The third-order valence-corrected chi connectivity index (χ3v) is 4.19. The van der Waals surface area contributed by atoms with Gasteiger partial charge in [-0.25, -0.2) is 8.78 Å². The molecule has 0 fully saturated rings. The minimum Gasteiger partial charge on any atom is -0.294 e. The molecular formula is C14H7Br3F2O. The van der Waals surface area contributed by atoms with Gasteiger partial charge >= 0.3 is 0 Å².